The number of rotatable bonds is 7. The molecule has 0 fully saturated rings. The average Bonchev–Trinajstić information content (AvgIpc) is 3.06. The molecule has 0 amide bonds. The average molecular weight is 350 g/mol. The van der Waals surface area contributed by atoms with Gasteiger partial charge in [-0.25, -0.2) is 14.6 Å². The van der Waals surface area contributed by atoms with E-state index in [1.807, 2.05) is 0 Å². The van der Waals surface area contributed by atoms with E-state index in [4.69, 9.17) is 9.47 Å². The van der Waals surface area contributed by atoms with Crippen LogP contribution in [0.15, 0.2) is 28.1 Å². The largest absolute Gasteiger partial charge is 0.462 e. The first-order chi connectivity index (χ1) is 11.8. The van der Waals surface area contributed by atoms with Crippen molar-refractivity contribution in [2.45, 2.75) is 19.9 Å². The Morgan fingerprint density at radius 2 is 1.96 bits per heavy atom. The van der Waals surface area contributed by atoms with Crippen molar-refractivity contribution in [1.29, 1.82) is 0 Å². The summed E-state index contributed by atoms with van der Waals surface area (Å²) < 4.78 is 11.8. The van der Waals surface area contributed by atoms with E-state index in [9.17, 15) is 19.2 Å². The van der Waals surface area contributed by atoms with Gasteiger partial charge in [-0.2, -0.15) is 0 Å². The highest BCUT2D eigenvalue weighted by Crippen LogP contribution is 1.99. The van der Waals surface area contributed by atoms with Crippen molar-refractivity contribution in [2.24, 2.45) is 7.05 Å². The summed E-state index contributed by atoms with van der Waals surface area (Å²) in [7, 11) is 1.48. The molecule has 2 heterocycles. The lowest BCUT2D eigenvalue weighted by molar-refractivity contribution is -0.150. The number of nitrogens with one attached hydrogen (secondary N) is 1. The second kappa shape index (κ2) is 7.60. The van der Waals surface area contributed by atoms with Gasteiger partial charge in [0, 0.05) is 19.2 Å². The Kier molecular flexibility index (Phi) is 5.52. The molecule has 0 radical (unpaired) electrons. The fraction of sp³-hybridized carbons (Fsp3) is 0.400. The summed E-state index contributed by atoms with van der Waals surface area (Å²) in [6, 6.07) is 0. The SMILES string of the molecule is C=C(C)C(=O)OCCOC(=O)CCn1c(=O)c2[nH]cnc2n(C)c1=O. The zero-order valence-electron chi connectivity index (χ0n) is 13.9. The Bertz CT molecular complexity index is 936. The molecule has 0 aliphatic heterocycles. The minimum atomic E-state index is -0.620. The number of aryl methyl sites for hydroxylation is 1. The number of esters is 2. The van der Waals surface area contributed by atoms with Crippen LogP contribution in [0, 0.1) is 0 Å². The van der Waals surface area contributed by atoms with Gasteiger partial charge >= 0.3 is 17.6 Å². The van der Waals surface area contributed by atoms with E-state index in [1.165, 1.54) is 24.9 Å². The van der Waals surface area contributed by atoms with Crippen LogP contribution in [0.3, 0.4) is 0 Å². The third-order valence-electron chi connectivity index (χ3n) is 3.38. The van der Waals surface area contributed by atoms with E-state index in [-0.39, 0.29) is 42.9 Å². The van der Waals surface area contributed by atoms with E-state index < -0.39 is 23.2 Å². The molecular formula is C15H18N4O6. The van der Waals surface area contributed by atoms with Crippen LogP contribution < -0.4 is 11.2 Å². The Morgan fingerprint density at radius 3 is 2.64 bits per heavy atom. The molecule has 10 heteroatoms. The number of fused-ring (bicyclic) bond motifs is 1. The molecule has 0 unspecified atom stereocenters. The molecule has 0 saturated heterocycles. The third kappa shape index (κ3) is 4.03. The van der Waals surface area contributed by atoms with Crippen LogP contribution in [0.4, 0.5) is 0 Å². The van der Waals surface area contributed by atoms with E-state index in [0.717, 1.165) is 4.57 Å². The maximum atomic E-state index is 12.2. The predicted molar refractivity (Wildman–Crippen MR) is 86.9 cm³/mol. The van der Waals surface area contributed by atoms with Gasteiger partial charge < -0.3 is 14.5 Å². The number of hydrogen-bond donors (Lipinski definition) is 1. The minimum Gasteiger partial charge on any atom is -0.462 e. The quantitative estimate of drug-likeness (QED) is 0.404. The number of aromatic nitrogens is 4. The first kappa shape index (κ1) is 18.2. The van der Waals surface area contributed by atoms with Gasteiger partial charge in [0.2, 0.25) is 0 Å². The van der Waals surface area contributed by atoms with Gasteiger partial charge in [0.05, 0.1) is 12.7 Å². The molecule has 1 N–H and O–H groups in total. The topological polar surface area (TPSA) is 125 Å². The lowest BCUT2D eigenvalue weighted by atomic mass is 10.4. The molecule has 0 saturated carbocycles. The Hall–Kier alpha value is -3.17. The van der Waals surface area contributed by atoms with Gasteiger partial charge in [0.15, 0.2) is 5.65 Å². The number of carbonyl (C=O) groups excluding carboxylic acids is 2. The molecule has 2 aromatic heterocycles. The van der Waals surface area contributed by atoms with Crippen LogP contribution in [-0.2, 0) is 32.7 Å². The summed E-state index contributed by atoms with van der Waals surface area (Å²) in [4.78, 5) is 53.8. The molecule has 0 aliphatic rings. The van der Waals surface area contributed by atoms with Crippen LogP contribution in [0.2, 0.25) is 0 Å². The van der Waals surface area contributed by atoms with Crippen molar-refractivity contribution in [2.75, 3.05) is 13.2 Å². The minimum absolute atomic E-state index is 0.0980. The maximum absolute atomic E-state index is 12.2. The Morgan fingerprint density at radius 1 is 1.28 bits per heavy atom. The molecule has 0 spiro atoms. The van der Waals surface area contributed by atoms with Gasteiger partial charge in [-0.1, -0.05) is 6.58 Å². The molecule has 0 aromatic carbocycles. The van der Waals surface area contributed by atoms with Gasteiger partial charge in [-0.3, -0.25) is 18.7 Å². The zero-order chi connectivity index (χ0) is 18.6. The van der Waals surface area contributed by atoms with Crippen molar-refractivity contribution < 1.29 is 19.1 Å². The number of aromatic amines is 1. The van der Waals surface area contributed by atoms with E-state index in [1.54, 1.807) is 0 Å². The molecule has 25 heavy (non-hydrogen) atoms. The summed E-state index contributed by atoms with van der Waals surface area (Å²) in [5.41, 5.74) is -0.461. The van der Waals surface area contributed by atoms with Crippen LogP contribution in [0.25, 0.3) is 11.2 Å². The van der Waals surface area contributed by atoms with E-state index in [0.29, 0.717) is 0 Å². The van der Waals surface area contributed by atoms with Crippen molar-refractivity contribution in [3.63, 3.8) is 0 Å². The standard InChI is InChI=1S/C15H18N4O6/c1-9(2)14(22)25-7-6-24-10(20)4-5-19-13(21)11-12(17-8-16-11)18(3)15(19)23/h8H,1,4-7H2,2-3H3,(H,16,17). The smallest absolute Gasteiger partial charge is 0.333 e. The molecule has 0 bridgehead atoms. The van der Waals surface area contributed by atoms with Gasteiger partial charge in [-0.05, 0) is 6.92 Å². The molecule has 0 atom stereocenters. The summed E-state index contributed by atoms with van der Waals surface area (Å²) in [6.45, 7) is 4.57. The third-order valence-corrected chi connectivity index (χ3v) is 3.38. The molecule has 0 aliphatic carbocycles. The van der Waals surface area contributed by atoms with Gasteiger partial charge in [-0.15, -0.1) is 0 Å². The number of imidazole rings is 1. The van der Waals surface area contributed by atoms with E-state index in [2.05, 4.69) is 16.5 Å². The number of ether oxygens (including phenoxy) is 2. The summed E-state index contributed by atoms with van der Waals surface area (Å²) in [5, 5.41) is 0. The fourth-order valence-electron chi connectivity index (χ4n) is 2.08. The normalized spacial score (nSPS) is 10.6. The highest BCUT2D eigenvalue weighted by atomic mass is 16.6. The van der Waals surface area contributed by atoms with Crippen LogP contribution in [0.5, 0.6) is 0 Å². The highest BCUT2D eigenvalue weighted by molar-refractivity contribution is 5.86. The van der Waals surface area contributed by atoms with Crippen LogP contribution in [-0.4, -0.2) is 44.3 Å². The fourth-order valence-corrected chi connectivity index (χ4v) is 2.08. The van der Waals surface area contributed by atoms with Gasteiger partial charge in [0.1, 0.15) is 18.7 Å². The molecule has 134 valence electrons. The zero-order valence-corrected chi connectivity index (χ0v) is 13.9. The number of H-pyrrole nitrogens is 1. The molecular weight excluding hydrogens is 332 g/mol. The highest BCUT2D eigenvalue weighted by Gasteiger charge is 2.14. The lowest BCUT2D eigenvalue weighted by Crippen LogP contribution is -2.39. The van der Waals surface area contributed by atoms with Crippen molar-refractivity contribution in [3.05, 3.63) is 39.3 Å². The Balaban J connectivity index is 1.93. The predicted octanol–water partition coefficient (Wildman–Crippen LogP) is -0.524. The molecule has 2 aromatic rings. The maximum Gasteiger partial charge on any atom is 0.333 e. The van der Waals surface area contributed by atoms with E-state index >= 15 is 0 Å². The van der Waals surface area contributed by atoms with Crippen molar-refractivity contribution in [3.8, 4) is 0 Å². The number of hydrogen-bond acceptors (Lipinski definition) is 7. The lowest BCUT2D eigenvalue weighted by Gasteiger charge is -2.08. The summed E-state index contributed by atoms with van der Waals surface area (Å²) >= 11 is 0. The van der Waals surface area contributed by atoms with Crippen LogP contribution >= 0.6 is 0 Å². The summed E-state index contributed by atoms with van der Waals surface area (Å²) in [6.07, 6.45) is 1.14. The van der Waals surface area contributed by atoms with Crippen molar-refractivity contribution in [1.82, 2.24) is 19.1 Å². The molecule has 10 nitrogen and oxygen atoms in total. The van der Waals surface area contributed by atoms with Crippen LogP contribution in [0.1, 0.15) is 13.3 Å². The summed E-state index contributed by atoms with van der Waals surface area (Å²) in [5.74, 6) is -1.19. The second-order valence-electron chi connectivity index (χ2n) is 5.29. The number of carbonyl (C=O) groups is 2. The first-order valence-corrected chi connectivity index (χ1v) is 7.44. The number of nitrogens with zero attached hydrogens (tertiary/aromatic N) is 3. The second-order valence-corrected chi connectivity index (χ2v) is 5.29. The molecule has 2 rings (SSSR count). The first-order valence-electron chi connectivity index (χ1n) is 7.44. The monoisotopic (exact) mass is 350 g/mol. The van der Waals surface area contributed by atoms with Crippen molar-refractivity contribution >= 4 is 23.1 Å². The Labute approximate surface area is 141 Å². The van der Waals surface area contributed by atoms with Gasteiger partial charge in [0.25, 0.3) is 5.56 Å².